The van der Waals surface area contributed by atoms with Crippen molar-refractivity contribution in [2.24, 2.45) is 0 Å². The van der Waals surface area contributed by atoms with Gasteiger partial charge in [0.15, 0.2) is 0 Å². The first-order chi connectivity index (χ1) is 16.8. The first kappa shape index (κ1) is 29.6. The molecule has 1 atom stereocenters. The summed E-state index contributed by atoms with van der Waals surface area (Å²) < 4.78 is 31.7. The lowest BCUT2D eigenvalue weighted by Gasteiger charge is -2.28. The smallest absolute Gasteiger partial charge is 0.407 e. The molecular weight excluding hydrogens is 502 g/mol. The second-order valence-electron chi connectivity index (χ2n) is 9.66. The Labute approximate surface area is 218 Å². The quantitative estimate of drug-likeness (QED) is 0.355. The lowest BCUT2D eigenvalue weighted by Crippen LogP contribution is -2.46. The topological polar surface area (TPSA) is 116 Å². The maximum absolute atomic E-state index is 12.5. The van der Waals surface area contributed by atoms with Crippen molar-refractivity contribution in [3.05, 3.63) is 58.3 Å². The van der Waals surface area contributed by atoms with Crippen LogP contribution in [0.1, 0.15) is 50.5 Å². The highest BCUT2D eigenvalue weighted by Crippen LogP contribution is 2.17. The van der Waals surface area contributed by atoms with E-state index in [1.807, 2.05) is 47.8 Å². The number of ether oxygens (including phenoxy) is 1. The Morgan fingerprint density at radius 2 is 1.78 bits per heavy atom. The van der Waals surface area contributed by atoms with Gasteiger partial charge in [-0.3, -0.25) is 0 Å². The summed E-state index contributed by atoms with van der Waals surface area (Å²) in [5.41, 5.74) is 0.211. The summed E-state index contributed by atoms with van der Waals surface area (Å²) in [4.78, 5) is 26.4. The summed E-state index contributed by atoms with van der Waals surface area (Å²) in [5.74, 6) is 0. The molecule has 9 nitrogen and oxygen atoms in total. The van der Waals surface area contributed by atoms with Gasteiger partial charge in [0.25, 0.3) is 0 Å². The Hall–Kier alpha value is -2.63. The summed E-state index contributed by atoms with van der Waals surface area (Å²) in [6.45, 7) is 6.19. The number of amides is 2. The molecule has 1 heterocycles. The number of nitrogens with one attached hydrogen (secondary N) is 1. The van der Waals surface area contributed by atoms with Crippen molar-refractivity contribution in [2.75, 3.05) is 19.3 Å². The number of nitrogens with zero attached hydrogens (tertiary/aromatic N) is 2. The molecule has 1 aromatic heterocycles. The molecule has 36 heavy (non-hydrogen) atoms. The summed E-state index contributed by atoms with van der Waals surface area (Å²) in [6, 6.07) is 12.6. The Bertz CT molecular complexity index is 1050. The number of thiophene rings is 1. The Kier molecular flexibility index (Phi) is 11.2. The highest BCUT2D eigenvalue weighted by atomic mass is 32.2. The predicted octanol–water partition coefficient (Wildman–Crippen LogP) is 4.75. The van der Waals surface area contributed by atoms with Gasteiger partial charge in [-0.25, -0.2) is 18.0 Å². The number of sulfonamides is 1. The van der Waals surface area contributed by atoms with E-state index in [-0.39, 0.29) is 13.1 Å². The zero-order valence-corrected chi connectivity index (χ0v) is 23.0. The molecule has 0 aliphatic carbocycles. The minimum absolute atomic E-state index is 0.0859. The normalized spacial score (nSPS) is 12.8. The van der Waals surface area contributed by atoms with Crippen molar-refractivity contribution in [1.29, 1.82) is 0 Å². The molecule has 0 fully saturated rings. The standard InChI is InChI=1S/C25H37N3O6S2/c1-25(2,3)34-23(29)26-21(18-28(36(4,32)33)19-22-14-10-16-35-22)13-8-9-15-27(24(30)31)17-20-11-6-5-7-12-20/h5-7,10-12,14,16,21H,8-9,13,15,17-19H2,1-4H3,(H,26,29)(H,30,31). The summed E-state index contributed by atoms with van der Waals surface area (Å²) in [6.07, 6.45) is 1.16. The summed E-state index contributed by atoms with van der Waals surface area (Å²) in [5, 5.41) is 14.3. The van der Waals surface area contributed by atoms with E-state index in [9.17, 15) is 23.1 Å². The number of benzene rings is 1. The molecule has 2 rings (SSSR count). The maximum atomic E-state index is 12.5. The number of carbonyl (C=O) groups is 2. The molecule has 11 heteroatoms. The van der Waals surface area contributed by atoms with E-state index >= 15 is 0 Å². The molecule has 0 spiro atoms. The van der Waals surface area contributed by atoms with Crippen molar-refractivity contribution in [1.82, 2.24) is 14.5 Å². The molecule has 1 aromatic carbocycles. The van der Waals surface area contributed by atoms with Crippen molar-refractivity contribution < 1.29 is 27.9 Å². The number of alkyl carbamates (subject to hydrolysis) is 1. The van der Waals surface area contributed by atoms with Gasteiger partial charge in [0.05, 0.1) is 6.26 Å². The molecule has 0 saturated heterocycles. The molecule has 1 unspecified atom stereocenters. The number of hydrogen-bond acceptors (Lipinski definition) is 6. The first-order valence-corrected chi connectivity index (χ1v) is 14.5. The van der Waals surface area contributed by atoms with Crippen molar-refractivity contribution >= 4 is 33.5 Å². The monoisotopic (exact) mass is 539 g/mol. The van der Waals surface area contributed by atoms with Crippen LogP contribution in [0.5, 0.6) is 0 Å². The van der Waals surface area contributed by atoms with Crippen LogP contribution >= 0.6 is 11.3 Å². The van der Waals surface area contributed by atoms with Crippen LogP contribution in [0.15, 0.2) is 47.8 Å². The number of hydrogen-bond donors (Lipinski definition) is 2. The van der Waals surface area contributed by atoms with Gasteiger partial charge in [0.2, 0.25) is 10.0 Å². The number of unbranched alkanes of at least 4 members (excludes halogenated alkanes) is 1. The van der Waals surface area contributed by atoms with Crippen LogP contribution in [-0.4, -0.2) is 65.9 Å². The molecule has 0 aliphatic heterocycles. The number of carbonyl (C=O) groups excluding carboxylic acids is 1. The Morgan fingerprint density at radius 3 is 2.33 bits per heavy atom. The van der Waals surface area contributed by atoms with Crippen LogP contribution in [0.3, 0.4) is 0 Å². The third-order valence-electron chi connectivity index (χ3n) is 5.24. The molecule has 0 saturated carbocycles. The third kappa shape index (κ3) is 11.4. The van der Waals surface area contributed by atoms with E-state index in [0.717, 1.165) is 16.7 Å². The molecule has 0 aliphatic rings. The van der Waals surface area contributed by atoms with Crippen molar-refractivity contribution in [3.63, 3.8) is 0 Å². The first-order valence-electron chi connectivity index (χ1n) is 11.8. The van der Waals surface area contributed by atoms with Gasteiger partial charge >= 0.3 is 12.2 Å². The predicted molar refractivity (Wildman–Crippen MR) is 141 cm³/mol. The van der Waals surface area contributed by atoms with Gasteiger partial charge in [-0.05, 0) is 57.0 Å². The molecule has 0 bridgehead atoms. The van der Waals surface area contributed by atoms with E-state index in [2.05, 4.69) is 5.32 Å². The van der Waals surface area contributed by atoms with E-state index in [4.69, 9.17) is 4.74 Å². The van der Waals surface area contributed by atoms with Crippen molar-refractivity contribution in [2.45, 2.75) is 64.8 Å². The fourth-order valence-electron chi connectivity index (χ4n) is 3.56. The average molecular weight is 540 g/mol. The molecule has 2 aromatic rings. The third-order valence-corrected chi connectivity index (χ3v) is 7.32. The van der Waals surface area contributed by atoms with Gasteiger partial charge in [-0.2, -0.15) is 4.31 Å². The van der Waals surface area contributed by atoms with E-state index < -0.39 is 33.9 Å². The molecule has 2 amide bonds. The largest absolute Gasteiger partial charge is 0.465 e. The fraction of sp³-hybridized carbons (Fsp3) is 0.520. The van der Waals surface area contributed by atoms with Gasteiger partial charge in [-0.1, -0.05) is 36.4 Å². The second kappa shape index (κ2) is 13.6. The van der Waals surface area contributed by atoms with E-state index in [0.29, 0.717) is 32.4 Å². The van der Waals surface area contributed by atoms with Crippen LogP contribution in [0.2, 0.25) is 0 Å². The van der Waals surface area contributed by atoms with Crippen molar-refractivity contribution in [3.8, 4) is 0 Å². The maximum Gasteiger partial charge on any atom is 0.407 e. The zero-order valence-electron chi connectivity index (χ0n) is 21.3. The van der Waals surface area contributed by atoms with Gasteiger partial charge in [-0.15, -0.1) is 11.3 Å². The lowest BCUT2D eigenvalue weighted by atomic mass is 10.1. The zero-order chi connectivity index (χ0) is 26.8. The summed E-state index contributed by atoms with van der Waals surface area (Å²) >= 11 is 1.46. The molecule has 0 radical (unpaired) electrons. The van der Waals surface area contributed by atoms with Gasteiger partial charge < -0.3 is 20.1 Å². The lowest BCUT2D eigenvalue weighted by molar-refractivity contribution is 0.0494. The number of carboxylic acid groups (broad SMARTS) is 1. The Balaban J connectivity index is 2.03. The fourth-order valence-corrected chi connectivity index (χ4v) is 5.19. The van der Waals surface area contributed by atoms with E-state index in [1.54, 1.807) is 20.8 Å². The highest BCUT2D eigenvalue weighted by Gasteiger charge is 2.25. The minimum atomic E-state index is -3.53. The van der Waals surface area contributed by atoms with Crippen LogP contribution in [-0.2, 0) is 27.8 Å². The molecule has 2 N–H and O–H groups in total. The van der Waals surface area contributed by atoms with Gasteiger partial charge in [0.1, 0.15) is 5.60 Å². The summed E-state index contributed by atoms with van der Waals surface area (Å²) in [7, 11) is -3.53. The van der Waals surface area contributed by atoms with Gasteiger partial charge in [0, 0.05) is 37.1 Å². The van der Waals surface area contributed by atoms with Crippen LogP contribution in [0.4, 0.5) is 9.59 Å². The molecule has 200 valence electrons. The second-order valence-corrected chi connectivity index (χ2v) is 12.7. The van der Waals surface area contributed by atoms with Crippen LogP contribution in [0.25, 0.3) is 0 Å². The SMILES string of the molecule is CC(C)(C)OC(=O)NC(CCCCN(Cc1ccccc1)C(=O)O)CN(Cc1cccs1)S(C)(=O)=O. The average Bonchev–Trinajstić information content (AvgIpc) is 3.27. The van der Waals surface area contributed by atoms with Crippen LogP contribution in [0, 0.1) is 0 Å². The Morgan fingerprint density at radius 1 is 1.08 bits per heavy atom. The number of rotatable bonds is 13. The molecular formula is C25H37N3O6S2. The van der Waals surface area contributed by atoms with Crippen LogP contribution < -0.4 is 5.32 Å². The van der Waals surface area contributed by atoms with E-state index in [1.165, 1.54) is 20.5 Å². The highest BCUT2D eigenvalue weighted by molar-refractivity contribution is 7.88. The minimum Gasteiger partial charge on any atom is -0.465 e.